The lowest BCUT2D eigenvalue weighted by Crippen LogP contribution is -2.26. The van der Waals surface area contributed by atoms with Crippen molar-refractivity contribution in [2.24, 2.45) is 5.92 Å². The Morgan fingerprint density at radius 3 is 2.30 bits per heavy atom. The number of rotatable bonds is 5. The Balaban J connectivity index is 2.31. The SMILES string of the molecule is CC[C@@H](C)[C@H](C(=O)Nc1ccc(F)c(F)c1F)c1ccccc1. The predicted octanol–water partition coefficient (Wildman–Crippen LogP) is 4.87. The highest BCUT2D eigenvalue weighted by Crippen LogP contribution is 2.29. The number of anilines is 1. The molecule has 5 heteroatoms. The van der Waals surface area contributed by atoms with Gasteiger partial charge in [0.05, 0.1) is 11.6 Å². The molecular formula is C18H18F3NO. The molecule has 2 atom stereocenters. The number of nitrogens with one attached hydrogen (secondary N) is 1. The normalized spacial score (nSPS) is 13.4. The van der Waals surface area contributed by atoms with Crippen LogP contribution in [0.1, 0.15) is 31.7 Å². The average Bonchev–Trinajstić information content (AvgIpc) is 2.56. The molecule has 0 aromatic heterocycles. The number of carbonyl (C=O) groups is 1. The summed E-state index contributed by atoms with van der Waals surface area (Å²) in [5.74, 6) is -5.23. The van der Waals surface area contributed by atoms with Crippen LogP contribution < -0.4 is 5.32 Å². The van der Waals surface area contributed by atoms with E-state index in [4.69, 9.17) is 0 Å². The van der Waals surface area contributed by atoms with Gasteiger partial charge in [-0.2, -0.15) is 0 Å². The Labute approximate surface area is 133 Å². The summed E-state index contributed by atoms with van der Waals surface area (Å²) in [5.41, 5.74) is 0.431. The smallest absolute Gasteiger partial charge is 0.232 e. The molecule has 0 aliphatic carbocycles. The summed E-state index contributed by atoms with van der Waals surface area (Å²) in [6.07, 6.45) is 0.743. The van der Waals surface area contributed by atoms with Crippen molar-refractivity contribution in [2.45, 2.75) is 26.2 Å². The van der Waals surface area contributed by atoms with Gasteiger partial charge in [-0.25, -0.2) is 13.2 Å². The first-order chi connectivity index (χ1) is 11.0. The Hall–Kier alpha value is -2.30. The summed E-state index contributed by atoms with van der Waals surface area (Å²) in [5, 5.41) is 2.37. The standard InChI is InChI=1S/C18H18F3NO/c1-3-11(2)15(12-7-5-4-6-8-12)18(23)22-14-10-9-13(19)16(20)17(14)21/h4-11,15H,3H2,1-2H3,(H,22,23)/t11-,15+/m1/s1. The van der Waals surface area contributed by atoms with E-state index in [0.29, 0.717) is 0 Å². The average molecular weight is 321 g/mol. The van der Waals surface area contributed by atoms with Gasteiger partial charge in [-0.1, -0.05) is 50.6 Å². The van der Waals surface area contributed by atoms with E-state index in [1.54, 1.807) is 0 Å². The van der Waals surface area contributed by atoms with Crippen LogP contribution in [-0.4, -0.2) is 5.91 Å². The maximum absolute atomic E-state index is 13.7. The zero-order chi connectivity index (χ0) is 17.0. The molecule has 1 amide bonds. The summed E-state index contributed by atoms with van der Waals surface area (Å²) in [7, 11) is 0. The first kappa shape index (κ1) is 17.1. The Bertz CT molecular complexity index is 688. The highest BCUT2D eigenvalue weighted by molar-refractivity contribution is 5.96. The molecule has 0 heterocycles. The minimum Gasteiger partial charge on any atom is -0.323 e. The fourth-order valence-electron chi connectivity index (χ4n) is 2.47. The minimum atomic E-state index is -1.59. The van der Waals surface area contributed by atoms with Crippen LogP contribution in [0.5, 0.6) is 0 Å². The van der Waals surface area contributed by atoms with Gasteiger partial charge in [0.2, 0.25) is 5.91 Å². The third kappa shape index (κ3) is 3.73. The third-order valence-corrected chi connectivity index (χ3v) is 3.95. The second-order valence-electron chi connectivity index (χ2n) is 5.49. The zero-order valence-electron chi connectivity index (χ0n) is 12.9. The van der Waals surface area contributed by atoms with Crippen LogP contribution in [0.2, 0.25) is 0 Å². The lowest BCUT2D eigenvalue weighted by Gasteiger charge is -2.23. The quantitative estimate of drug-likeness (QED) is 0.782. The molecule has 0 unspecified atom stereocenters. The lowest BCUT2D eigenvalue weighted by atomic mass is 9.85. The van der Waals surface area contributed by atoms with Crippen molar-refractivity contribution >= 4 is 11.6 Å². The second kappa shape index (κ2) is 7.31. The number of carbonyl (C=O) groups excluding carboxylic acids is 1. The fourth-order valence-corrected chi connectivity index (χ4v) is 2.47. The molecule has 0 fully saturated rings. The molecule has 0 spiro atoms. The van der Waals surface area contributed by atoms with Crippen molar-refractivity contribution in [2.75, 3.05) is 5.32 Å². The molecule has 0 radical (unpaired) electrons. The highest BCUT2D eigenvalue weighted by atomic mass is 19.2. The van der Waals surface area contributed by atoms with E-state index >= 15 is 0 Å². The van der Waals surface area contributed by atoms with Crippen LogP contribution in [0.4, 0.5) is 18.9 Å². The summed E-state index contributed by atoms with van der Waals surface area (Å²) in [6, 6.07) is 10.9. The molecule has 0 saturated carbocycles. The van der Waals surface area contributed by atoms with Crippen LogP contribution in [0.15, 0.2) is 42.5 Å². The van der Waals surface area contributed by atoms with E-state index in [1.807, 2.05) is 44.2 Å². The Kier molecular flexibility index (Phi) is 5.42. The number of amides is 1. The third-order valence-electron chi connectivity index (χ3n) is 3.95. The van der Waals surface area contributed by atoms with E-state index in [2.05, 4.69) is 5.32 Å². The van der Waals surface area contributed by atoms with Crippen molar-refractivity contribution in [1.82, 2.24) is 0 Å². The van der Waals surface area contributed by atoms with E-state index < -0.39 is 29.3 Å². The van der Waals surface area contributed by atoms with Crippen molar-refractivity contribution in [1.29, 1.82) is 0 Å². The van der Waals surface area contributed by atoms with Gasteiger partial charge in [-0.05, 0) is 23.6 Å². The Morgan fingerprint density at radius 2 is 1.70 bits per heavy atom. The lowest BCUT2D eigenvalue weighted by molar-refractivity contribution is -0.118. The van der Waals surface area contributed by atoms with Gasteiger partial charge in [0.15, 0.2) is 17.5 Å². The van der Waals surface area contributed by atoms with Crippen LogP contribution in [0.3, 0.4) is 0 Å². The fraction of sp³-hybridized carbons (Fsp3) is 0.278. The highest BCUT2D eigenvalue weighted by Gasteiger charge is 2.27. The summed E-state index contributed by atoms with van der Waals surface area (Å²) in [4.78, 5) is 12.6. The molecule has 0 aliphatic heterocycles. The molecule has 1 N–H and O–H groups in total. The molecule has 23 heavy (non-hydrogen) atoms. The van der Waals surface area contributed by atoms with Crippen molar-refractivity contribution in [3.8, 4) is 0 Å². The van der Waals surface area contributed by atoms with Crippen LogP contribution >= 0.6 is 0 Å². The maximum Gasteiger partial charge on any atom is 0.232 e. The van der Waals surface area contributed by atoms with Gasteiger partial charge in [0.25, 0.3) is 0 Å². The Morgan fingerprint density at radius 1 is 1.04 bits per heavy atom. The molecule has 2 rings (SSSR count). The van der Waals surface area contributed by atoms with E-state index in [0.717, 1.165) is 24.1 Å². The molecule has 2 nitrogen and oxygen atoms in total. The van der Waals surface area contributed by atoms with Gasteiger partial charge in [0.1, 0.15) is 0 Å². The number of hydrogen-bond donors (Lipinski definition) is 1. The van der Waals surface area contributed by atoms with E-state index in [1.165, 1.54) is 0 Å². The molecular weight excluding hydrogens is 303 g/mol. The van der Waals surface area contributed by atoms with Crippen LogP contribution in [-0.2, 0) is 4.79 Å². The summed E-state index contributed by atoms with van der Waals surface area (Å²) >= 11 is 0. The van der Waals surface area contributed by atoms with Crippen molar-refractivity contribution in [3.05, 3.63) is 65.5 Å². The number of benzene rings is 2. The first-order valence-corrected chi connectivity index (χ1v) is 7.45. The topological polar surface area (TPSA) is 29.1 Å². The number of hydrogen-bond acceptors (Lipinski definition) is 1. The van der Waals surface area contributed by atoms with E-state index in [-0.39, 0.29) is 11.6 Å². The molecule has 0 aliphatic rings. The zero-order valence-corrected chi connectivity index (χ0v) is 12.9. The largest absolute Gasteiger partial charge is 0.323 e. The van der Waals surface area contributed by atoms with Gasteiger partial charge in [-0.3, -0.25) is 4.79 Å². The van der Waals surface area contributed by atoms with Crippen molar-refractivity contribution in [3.63, 3.8) is 0 Å². The predicted molar refractivity (Wildman–Crippen MR) is 83.6 cm³/mol. The van der Waals surface area contributed by atoms with Crippen molar-refractivity contribution < 1.29 is 18.0 Å². The maximum atomic E-state index is 13.7. The molecule has 0 bridgehead atoms. The summed E-state index contributed by atoms with van der Waals surface area (Å²) < 4.78 is 40.0. The van der Waals surface area contributed by atoms with E-state index in [9.17, 15) is 18.0 Å². The van der Waals surface area contributed by atoms with Gasteiger partial charge in [-0.15, -0.1) is 0 Å². The van der Waals surface area contributed by atoms with Crippen LogP contribution in [0, 0.1) is 23.4 Å². The summed E-state index contributed by atoms with van der Waals surface area (Å²) in [6.45, 7) is 3.87. The second-order valence-corrected chi connectivity index (χ2v) is 5.49. The van der Waals surface area contributed by atoms with Gasteiger partial charge < -0.3 is 5.32 Å². The minimum absolute atomic E-state index is 0.00533. The molecule has 122 valence electrons. The van der Waals surface area contributed by atoms with Gasteiger partial charge >= 0.3 is 0 Å². The van der Waals surface area contributed by atoms with Gasteiger partial charge in [0, 0.05) is 0 Å². The number of halogens is 3. The monoisotopic (exact) mass is 321 g/mol. The molecule has 2 aromatic rings. The van der Waals surface area contributed by atoms with Crippen LogP contribution in [0.25, 0.3) is 0 Å². The first-order valence-electron chi connectivity index (χ1n) is 7.45. The molecule has 2 aromatic carbocycles. The molecule has 0 saturated heterocycles.